The Balaban J connectivity index is 0.000000519. The number of anilines is 4. The Morgan fingerprint density at radius 2 is 1.67 bits per heavy atom. The Kier molecular flexibility index (Phi) is 11.5. The summed E-state index contributed by atoms with van der Waals surface area (Å²) >= 11 is 0. The van der Waals surface area contributed by atoms with Gasteiger partial charge in [-0.05, 0) is 38.4 Å². The molecule has 0 unspecified atom stereocenters. The molecule has 27 heavy (non-hydrogen) atoms. The Bertz CT molecular complexity index is 693. The fraction of sp³-hybridized carbons (Fsp3) is 0.333. The van der Waals surface area contributed by atoms with Gasteiger partial charge in [0.2, 0.25) is 0 Å². The van der Waals surface area contributed by atoms with Gasteiger partial charge in [0.05, 0.1) is 11.4 Å². The molecule has 9 N–H and O–H groups in total. The highest BCUT2D eigenvalue weighted by Crippen LogP contribution is 2.19. The minimum atomic E-state index is -0.486. The zero-order valence-corrected chi connectivity index (χ0v) is 16.4. The second-order valence-electron chi connectivity index (χ2n) is 5.37. The molecule has 0 aliphatic carbocycles. The Hall–Kier alpha value is -3.20. The largest absolute Gasteiger partial charge is 0.412 e. The second-order valence-corrected chi connectivity index (χ2v) is 5.37. The number of pyridine rings is 1. The van der Waals surface area contributed by atoms with Crippen molar-refractivity contribution in [2.75, 3.05) is 50.1 Å². The van der Waals surface area contributed by atoms with Crippen molar-refractivity contribution >= 4 is 29.1 Å². The van der Waals surface area contributed by atoms with E-state index < -0.39 is 6.09 Å². The maximum Gasteiger partial charge on any atom is 0.412 e. The standard InChI is InChI=1S/C11H17N3O2.C5H8N4.C2H6/c1-14(2)8-7-13-11(15)16-10-6-4-3-5-9(10)12;6-3-1-2-4(7)9-5(3)8;1-2/h3-6H,7-8,12H2,1-2H3,(H,13,15);1-2H,6H2,(H4,7,8,9);1-2H3. The Morgan fingerprint density at radius 3 is 2.19 bits per heavy atom. The fourth-order valence-electron chi connectivity index (χ4n) is 1.59. The molecule has 0 bridgehead atoms. The number of carbonyl (C=O) groups is 1. The Labute approximate surface area is 160 Å². The van der Waals surface area contributed by atoms with Gasteiger partial charge in [-0.15, -0.1) is 0 Å². The van der Waals surface area contributed by atoms with E-state index in [0.717, 1.165) is 6.54 Å². The first-order valence-electron chi connectivity index (χ1n) is 8.52. The van der Waals surface area contributed by atoms with Crippen LogP contribution in [0.15, 0.2) is 36.4 Å². The molecule has 0 saturated heterocycles. The molecular weight excluding hydrogens is 346 g/mol. The van der Waals surface area contributed by atoms with Gasteiger partial charge in [0.15, 0.2) is 5.75 Å². The van der Waals surface area contributed by atoms with Gasteiger partial charge in [0.1, 0.15) is 11.6 Å². The summed E-state index contributed by atoms with van der Waals surface area (Å²) < 4.78 is 5.03. The van der Waals surface area contributed by atoms with E-state index >= 15 is 0 Å². The monoisotopic (exact) mass is 377 g/mol. The number of ether oxygens (including phenoxy) is 1. The maximum absolute atomic E-state index is 11.3. The van der Waals surface area contributed by atoms with Crippen LogP contribution in [0.4, 0.5) is 27.8 Å². The summed E-state index contributed by atoms with van der Waals surface area (Å²) in [4.78, 5) is 17.0. The van der Waals surface area contributed by atoms with Crippen molar-refractivity contribution in [2.24, 2.45) is 0 Å². The quantitative estimate of drug-likeness (QED) is 0.504. The highest BCUT2D eigenvalue weighted by molar-refractivity contribution is 5.72. The number of amides is 1. The number of nitrogen functional groups attached to an aromatic ring is 4. The lowest BCUT2D eigenvalue weighted by atomic mass is 10.3. The summed E-state index contributed by atoms with van der Waals surface area (Å²) in [5.41, 5.74) is 22.5. The van der Waals surface area contributed by atoms with E-state index in [1.165, 1.54) is 0 Å². The smallest absolute Gasteiger partial charge is 0.408 e. The number of aromatic nitrogens is 1. The van der Waals surface area contributed by atoms with Crippen LogP contribution in [0.25, 0.3) is 0 Å². The molecule has 1 amide bonds. The molecule has 9 nitrogen and oxygen atoms in total. The van der Waals surface area contributed by atoms with E-state index in [1.54, 1.807) is 36.4 Å². The lowest BCUT2D eigenvalue weighted by Gasteiger charge is -2.11. The third kappa shape index (κ3) is 10.4. The van der Waals surface area contributed by atoms with Crippen molar-refractivity contribution < 1.29 is 9.53 Å². The molecule has 0 aliphatic heterocycles. The summed E-state index contributed by atoms with van der Waals surface area (Å²) in [6.45, 7) is 5.30. The molecule has 1 aromatic carbocycles. The number of para-hydroxylation sites is 2. The number of likely N-dealkylation sites (N-methyl/N-ethyl adjacent to an activating group) is 1. The first kappa shape index (κ1) is 23.8. The van der Waals surface area contributed by atoms with E-state index in [-0.39, 0.29) is 5.82 Å². The fourth-order valence-corrected chi connectivity index (χ4v) is 1.59. The van der Waals surface area contributed by atoms with Crippen molar-refractivity contribution in [1.29, 1.82) is 0 Å². The number of nitrogens with two attached hydrogens (primary N) is 4. The molecule has 0 fully saturated rings. The molecule has 9 heteroatoms. The van der Waals surface area contributed by atoms with E-state index in [4.69, 9.17) is 27.7 Å². The molecule has 1 heterocycles. The normalized spacial score (nSPS) is 9.37. The van der Waals surface area contributed by atoms with E-state index in [2.05, 4.69) is 10.3 Å². The number of nitrogens with one attached hydrogen (secondary N) is 1. The van der Waals surface area contributed by atoms with Gasteiger partial charge < -0.3 is 37.9 Å². The van der Waals surface area contributed by atoms with Crippen LogP contribution < -0.4 is 33.0 Å². The number of hydrogen-bond donors (Lipinski definition) is 5. The summed E-state index contributed by atoms with van der Waals surface area (Å²) in [6.07, 6.45) is -0.486. The van der Waals surface area contributed by atoms with Crippen LogP contribution in [0, 0.1) is 0 Å². The van der Waals surface area contributed by atoms with Crippen LogP contribution in [-0.2, 0) is 0 Å². The van der Waals surface area contributed by atoms with Gasteiger partial charge in [-0.1, -0.05) is 26.0 Å². The SMILES string of the molecule is CC.CN(C)CCNC(=O)Oc1ccccc1N.Nc1ccc(N)c(N)n1. The van der Waals surface area contributed by atoms with Crippen molar-refractivity contribution in [1.82, 2.24) is 15.2 Å². The van der Waals surface area contributed by atoms with Gasteiger partial charge in [-0.25, -0.2) is 9.78 Å². The van der Waals surface area contributed by atoms with Crippen LogP contribution in [0.2, 0.25) is 0 Å². The van der Waals surface area contributed by atoms with E-state index in [1.807, 2.05) is 32.8 Å². The average Bonchev–Trinajstić information content (AvgIpc) is 2.62. The van der Waals surface area contributed by atoms with Gasteiger partial charge in [-0.2, -0.15) is 0 Å². The van der Waals surface area contributed by atoms with Gasteiger partial charge in [0.25, 0.3) is 0 Å². The number of nitrogens with zero attached hydrogens (tertiary/aromatic N) is 2. The maximum atomic E-state index is 11.3. The molecule has 150 valence electrons. The summed E-state index contributed by atoms with van der Waals surface area (Å²) in [5.74, 6) is 1.06. The minimum absolute atomic E-state index is 0.287. The molecule has 0 spiro atoms. The van der Waals surface area contributed by atoms with Crippen molar-refractivity contribution in [3.8, 4) is 5.75 Å². The average molecular weight is 377 g/mol. The van der Waals surface area contributed by atoms with Crippen molar-refractivity contribution in [3.05, 3.63) is 36.4 Å². The van der Waals surface area contributed by atoms with Crippen LogP contribution in [-0.4, -0.2) is 43.2 Å². The topological polar surface area (TPSA) is 159 Å². The first-order chi connectivity index (χ1) is 12.8. The van der Waals surface area contributed by atoms with Gasteiger partial charge in [0, 0.05) is 13.1 Å². The predicted octanol–water partition coefficient (Wildman–Crippen LogP) is 1.77. The van der Waals surface area contributed by atoms with Crippen LogP contribution in [0.1, 0.15) is 13.8 Å². The zero-order chi connectivity index (χ0) is 20.8. The van der Waals surface area contributed by atoms with E-state index in [0.29, 0.717) is 29.5 Å². The Morgan fingerprint density at radius 1 is 1.04 bits per heavy atom. The lowest BCUT2D eigenvalue weighted by Crippen LogP contribution is -2.33. The summed E-state index contributed by atoms with van der Waals surface area (Å²) in [7, 11) is 3.87. The first-order valence-corrected chi connectivity index (χ1v) is 8.52. The van der Waals surface area contributed by atoms with Gasteiger partial charge in [-0.3, -0.25) is 0 Å². The van der Waals surface area contributed by atoms with E-state index in [9.17, 15) is 4.79 Å². The van der Waals surface area contributed by atoms with Crippen LogP contribution in [0.5, 0.6) is 5.75 Å². The van der Waals surface area contributed by atoms with Crippen LogP contribution >= 0.6 is 0 Å². The number of rotatable bonds is 4. The summed E-state index contributed by atoms with van der Waals surface area (Å²) in [5, 5.41) is 2.63. The minimum Gasteiger partial charge on any atom is -0.408 e. The second kappa shape index (κ2) is 13.1. The van der Waals surface area contributed by atoms with Crippen molar-refractivity contribution in [3.63, 3.8) is 0 Å². The predicted molar refractivity (Wildman–Crippen MR) is 112 cm³/mol. The lowest BCUT2D eigenvalue weighted by molar-refractivity contribution is 0.199. The molecule has 2 aromatic rings. The number of benzene rings is 1. The zero-order valence-electron chi connectivity index (χ0n) is 16.4. The number of carbonyl (C=O) groups excluding carboxylic acids is 1. The molecule has 0 saturated carbocycles. The number of hydrogen-bond acceptors (Lipinski definition) is 8. The summed E-state index contributed by atoms with van der Waals surface area (Å²) in [6, 6.07) is 10.1. The molecule has 0 atom stereocenters. The molecule has 0 aliphatic rings. The van der Waals surface area contributed by atoms with Crippen molar-refractivity contribution in [2.45, 2.75) is 13.8 Å². The molecular formula is C18H31N7O2. The molecule has 0 radical (unpaired) electrons. The van der Waals surface area contributed by atoms with Gasteiger partial charge >= 0.3 is 6.09 Å². The molecule has 1 aromatic heterocycles. The molecule has 2 rings (SSSR count). The third-order valence-electron chi connectivity index (χ3n) is 2.93. The highest BCUT2D eigenvalue weighted by Gasteiger charge is 2.05. The van der Waals surface area contributed by atoms with Crippen LogP contribution in [0.3, 0.4) is 0 Å². The third-order valence-corrected chi connectivity index (χ3v) is 2.93. The highest BCUT2D eigenvalue weighted by atomic mass is 16.6.